The lowest BCUT2D eigenvalue weighted by molar-refractivity contribution is 0.0826. The van der Waals surface area contributed by atoms with Crippen LogP contribution in [0, 0.1) is 23.3 Å². The monoisotopic (exact) mass is 454 g/mol. The van der Waals surface area contributed by atoms with Crippen LogP contribution in [0.1, 0.15) is 15.9 Å². The number of amides is 1. The summed E-state index contributed by atoms with van der Waals surface area (Å²) in [6.07, 6.45) is 1.03. The van der Waals surface area contributed by atoms with E-state index < -0.39 is 45.4 Å². The Hall–Kier alpha value is -3.33. The zero-order valence-corrected chi connectivity index (χ0v) is 17.0. The summed E-state index contributed by atoms with van der Waals surface area (Å²) >= 11 is 5.99. The molecule has 3 rings (SSSR count). The van der Waals surface area contributed by atoms with Crippen LogP contribution in [0.4, 0.5) is 17.6 Å². The summed E-state index contributed by atoms with van der Waals surface area (Å²) in [5.41, 5.74) is -1.94. The van der Waals surface area contributed by atoms with Gasteiger partial charge in [-0.2, -0.15) is 0 Å². The zero-order valence-electron chi connectivity index (χ0n) is 16.3. The SMILES string of the molecule is CN(C)C(=O)c1cc(F)c(-n2ccc(OCc3ccc(F)cc3F)c(Cl)c2=O)c(F)c1. The minimum Gasteiger partial charge on any atom is -0.487 e. The molecule has 3 aromatic rings. The first-order chi connectivity index (χ1) is 14.6. The number of hydrogen-bond donors (Lipinski definition) is 0. The highest BCUT2D eigenvalue weighted by molar-refractivity contribution is 6.31. The van der Waals surface area contributed by atoms with Gasteiger partial charge in [0.15, 0.2) is 11.6 Å². The Labute approximate surface area is 179 Å². The van der Waals surface area contributed by atoms with Crippen LogP contribution in [0.3, 0.4) is 0 Å². The number of rotatable bonds is 5. The molecule has 0 N–H and O–H groups in total. The molecule has 0 saturated carbocycles. The van der Waals surface area contributed by atoms with E-state index in [-0.39, 0.29) is 23.5 Å². The van der Waals surface area contributed by atoms with Crippen LogP contribution in [-0.2, 0) is 6.61 Å². The molecule has 1 amide bonds. The predicted molar refractivity (Wildman–Crippen MR) is 106 cm³/mol. The van der Waals surface area contributed by atoms with E-state index in [9.17, 15) is 27.2 Å². The number of pyridine rings is 1. The van der Waals surface area contributed by atoms with Gasteiger partial charge in [-0.05, 0) is 30.3 Å². The number of halogens is 5. The van der Waals surface area contributed by atoms with E-state index in [2.05, 4.69) is 0 Å². The fourth-order valence-corrected chi connectivity index (χ4v) is 2.96. The van der Waals surface area contributed by atoms with Crippen LogP contribution in [0.15, 0.2) is 47.4 Å². The van der Waals surface area contributed by atoms with E-state index in [1.807, 2.05) is 0 Å². The molecule has 0 aliphatic rings. The van der Waals surface area contributed by atoms with Crippen molar-refractivity contribution in [1.82, 2.24) is 9.47 Å². The molecule has 31 heavy (non-hydrogen) atoms. The van der Waals surface area contributed by atoms with Gasteiger partial charge in [0.25, 0.3) is 11.5 Å². The van der Waals surface area contributed by atoms with E-state index in [1.54, 1.807) is 0 Å². The van der Waals surface area contributed by atoms with Gasteiger partial charge in [0.2, 0.25) is 0 Å². The lowest BCUT2D eigenvalue weighted by atomic mass is 10.1. The molecule has 0 fully saturated rings. The highest BCUT2D eigenvalue weighted by atomic mass is 35.5. The van der Waals surface area contributed by atoms with Crippen molar-refractivity contribution < 1.29 is 27.1 Å². The number of benzene rings is 2. The molecule has 0 atom stereocenters. The van der Waals surface area contributed by atoms with E-state index in [1.165, 1.54) is 26.2 Å². The Balaban J connectivity index is 1.93. The molecule has 0 saturated heterocycles. The van der Waals surface area contributed by atoms with Gasteiger partial charge in [-0.1, -0.05) is 11.6 Å². The van der Waals surface area contributed by atoms with Gasteiger partial charge in [-0.3, -0.25) is 14.2 Å². The Morgan fingerprint density at radius 3 is 2.26 bits per heavy atom. The van der Waals surface area contributed by atoms with Crippen molar-refractivity contribution in [3.63, 3.8) is 0 Å². The maximum atomic E-state index is 14.6. The van der Waals surface area contributed by atoms with Crippen molar-refractivity contribution in [3.05, 3.63) is 92.4 Å². The summed E-state index contributed by atoms with van der Waals surface area (Å²) in [6, 6.07) is 5.67. The van der Waals surface area contributed by atoms with E-state index in [0.717, 1.165) is 29.3 Å². The number of carbonyl (C=O) groups excluding carboxylic acids is 1. The largest absolute Gasteiger partial charge is 0.487 e. The summed E-state index contributed by atoms with van der Waals surface area (Å²) in [4.78, 5) is 25.6. The fraction of sp³-hybridized carbons (Fsp3) is 0.143. The van der Waals surface area contributed by atoms with Gasteiger partial charge in [0, 0.05) is 37.5 Å². The molecule has 0 bridgehead atoms. The molecule has 1 aromatic heterocycles. The molecule has 5 nitrogen and oxygen atoms in total. The summed E-state index contributed by atoms with van der Waals surface area (Å²) < 4.78 is 61.8. The number of ether oxygens (including phenoxy) is 1. The molecular weight excluding hydrogens is 440 g/mol. The van der Waals surface area contributed by atoms with E-state index in [4.69, 9.17) is 16.3 Å². The molecule has 0 unspecified atom stereocenters. The lowest BCUT2D eigenvalue weighted by Gasteiger charge is -2.14. The summed E-state index contributed by atoms with van der Waals surface area (Å²) in [7, 11) is 2.85. The standard InChI is InChI=1S/C21H15ClF4N2O3/c1-27(2)20(29)12-7-15(25)19(16(26)8-12)28-6-5-17(18(22)21(28)30)31-10-11-3-4-13(23)9-14(11)24/h3-9H,10H2,1-2H3. The number of carbonyl (C=O) groups is 1. The Bertz CT molecular complexity index is 1200. The third-order valence-electron chi connectivity index (χ3n) is 4.31. The molecule has 0 spiro atoms. The van der Waals surface area contributed by atoms with Crippen molar-refractivity contribution in [2.45, 2.75) is 6.61 Å². The second-order valence-corrected chi connectivity index (χ2v) is 7.06. The van der Waals surface area contributed by atoms with Gasteiger partial charge in [0.05, 0.1) is 0 Å². The molecule has 0 radical (unpaired) electrons. The van der Waals surface area contributed by atoms with Gasteiger partial charge in [-0.15, -0.1) is 0 Å². The first-order valence-electron chi connectivity index (χ1n) is 8.79. The van der Waals surface area contributed by atoms with Gasteiger partial charge in [0.1, 0.15) is 34.7 Å². The van der Waals surface area contributed by atoms with Gasteiger partial charge < -0.3 is 9.64 Å². The quantitative estimate of drug-likeness (QED) is 0.539. The molecule has 1 heterocycles. The lowest BCUT2D eigenvalue weighted by Crippen LogP contribution is -2.24. The summed E-state index contributed by atoms with van der Waals surface area (Å²) in [6.45, 7) is -0.362. The highest BCUT2D eigenvalue weighted by Gasteiger charge is 2.20. The van der Waals surface area contributed by atoms with E-state index >= 15 is 0 Å². The average Bonchev–Trinajstić information content (AvgIpc) is 2.70. The highest BCUT2D eigenvalue weighted by Crippen LogP contribution is 2.25. The maximum Gasteiger partial charge on any atom is 0.277 e. The molecule has 0 aliphatic carbocycles. The van der Waals surface area contributed by atoms with Crippen LogP contribution in [0.2, 0.25) is 5.02 Å². The third-order valence-corrected chi connectivity index (χ3v) is 4.66. The van der Waals surface area contributed by atoms with Crippen LogP contribution in [0.5, 0.6) is 5.75 Å². The second kappa shape index (κ2) is 8.81. The number of aromatic nitrogens is 1. The number of nitrogens with zero attached hydrogens (tertiary/aromatic N) is 2. The Kier molecular flexibility index (Phi) is 6.35. The van der Waals surface area contributed by atoms with Crippen LogP contribution < -0.4 is 10.3 Å². The topological polar surface area (TPSA) is 51.5 Å². The molecule has 10 heteroatoms. The minimum absolute atomic E-state index is 0.0138. The first kappa shape index (κ1) is 22.4. The molecule has 162 valence electrons. The summed E-state index contributed by atoms with van der Waals surface area (Å²) in [5.74, 6) is -4.68. The van der Waals surface area contributed by atoms with Crippen molar-refractivity contribution in [2.24, 2.45) is 0 Å². The van der Waals surface area contributed by atoms with Crippen LogP contribution in [0.25, 0.3) is 5.69 Å². The second-order valence-electron chi connectivity index (χ2n) is 6.68. The number of hydrogen-bond acceptors (Lipinski definition) is 3. The van der Waals surface area contributed by atoms with Crippen molar-refractivity contribution in [2.75, 3.05) is 14.1 Å². The van der Waals surface area contributed by atoms with Gasteiger partial charge in [-0.25, -0.2) is 17.6 Å². The fourth-order valence-electron chi connectivity index (χ4n) is 2.75. The molecule has 2 aromatic carbocycles. The van der Waals surface area contributed by atoms with Crippen molar-refractivity contribution >= 4 is 17.5 Å². The predicted octanol–water partition coefficient (Wildman–Crippen LogP) is 4.33. The Morgan fingerprint density at radius 1 is 1.03 bits per heavy atom. The first-order valence-corrected chi connectivity index (χ1v) is 9.17. The van der Waals surface area contributed by atoms with Crippen molar-refractivity contribution in [1.29, 1.82) is 0 Å². The van der Waals surface area contributed by atoms with Crippen molar-refractivity contribution in [3.8, 4) is 11.4 Å². The average molecular weight is 455 g/mol. The zero-order chi connectivity index (χ0) is 22.9. The maximum absolute atomic E-state index is 14.6. The van der Waals surface area contributed by atoms with Crippen LogP contribution in [-0.4, -0.2) is 29.5 Å². The molecule has 0 aliphatic heterocycles. The Morgan fingerprint density at radius 2 is 1.68 bits per heavy atom. The third kappa shape index (κ3) is 4.56. The molecular formula is C21H15ClF4N2O3. The van der Waals surface area contributed by atoms with E-state index in [0.29, 0.717) is 10.6 Å². The smallest absolute Gasteiger partial charge is 0.277 e. The summed E-state index contributed by atoms with van der Waals surface area (Å²) in [5, 5.41) is -0.503. The minimum atomic E-state index is -1.15. The van der Waals surface area contributed by atoms with Gasteiger partial charge >= 0.3 is 0 Å². The normalized spacial score (nSPS) is 10.8. The van der Waals surface area contributed by atoms with Crippen LogP contribution >= 0.6 is 11.6 Å².